The fraction of sp³-hybridized carbons (Fsp3) is 0. The summed E-state index contributed by atoms with van der Waals surface area (Å²) in [6.07, 6.45) is 3.44. The molecule has 0 atom stereocenters. The summed E-state index contributed by atoms with van der Waals surface area (Å²) in [5.41, 5.74) is 0.752. The van der Waals surface area contributed by atoms with Crippen LogP contribution in [0, 0.1) is 5.82 Å². The van der Waals surface area contributed by atoms with E-state index in [0.29, 0.717) is 0 Å². The molecule has 0 aliphatic carbocycles. The number of benzene rings is 1. The maximum Gasteiger partial charge on any atom is 0.168 e. The van der Waals surface area contributed by atoms with E-state index in [0.717, 1.165) is 16.4 Å². The molecule has 4 heteroatoms. The molecule has 2 aromatic heterocycles. The summed E-state index contributed by atoms with van der Waals surface area (Å²) in [7, 11) is 0. The van der Waals surface area contributed by atoms with Crippen LogP contribution in [0.5, 0.6) is 0 Å². The number of pyridine rings is 1. The second-order valence-corrected chi connectivity index (χ2v) is 3.11. The zero-order valence-electron chi connectivity index (χ0n) is 7.18. The molecule has 0 radical (unpaired) electrons. The van der Waals surface area contributed by atoms with Crippen LogP contribution in [0.1, 0.15) is 0 Å². The first kappa shape index (κ1) is 7.44. The minimum Gasteiger partial charge on any atom is -0.289 e. The SMILES string of the molecule is Fc1ccc2c(ccn3cnnc23)c1. The summed E-state index contributed by atoms with van der Waals surface area (Å²) in [6.45, 7) is 0. The molecule has 0 spiro atoms. The monoisotopic (exact) mass is 187 g/mol. The summed E-state index contributed by atoms with van der Waals surface area (Å²) in [6, 6.07) is 6.48. The van der Waals surface area contributed by atoms with Crippen LogP contribution in [-0.4, -0.2) is 14.6 Å². The fourth-order valence-electron chi connectivity index (χ4n) is 1.58. The lowest BCUT2D eigenvalue weighted by Gasteiger charge is -1.98. The summed E-state index contributed by atoms with van der Waals surface area (Å²) in [5.74, 6) is -0.235. The van der Waals surface area contributed by atoms with Gasteiger partial charge in [-0.3, -0.25) is 4.40 Å². The zero-order valence-corrected chi connectivity index (χ0v) is 7.18. The predicted octanol–water partition coefficient (Wildman–Crippen LogP) is 2.02. The van der Waals surface area contributed by atoms with E-state index in [2.05, 4.69) is 10.2 Å². The molecule has 0 amide bonds. The van der Waals surface area contributed by atoms with E-state index in [4.69, 9.17) is 0 Å². The Morgan fingerprint density at radius 1 is 1.21 bits per heavy atom. The van der Waals surface area contributed by atoms with E-state index in [1.54, 1.807) is 16.8 Å². The summed E-state index contributed by atoms with van der Waals surface area (Å²) in [5, 5.41) is 9.51. The lowest BCUT2D eigenvalue weighted by molar-refractivity contribution is 0.630. The van der Waals surface area contributed by atoms with Crippen molar-refractivity contribution < 1.29 is 4.39 Å². The van der Waals surface area contributed by atoms with Crippen molar-refractivity contribution in [3.05, 3.63) is 42.6 Å². The first-order chi connectivity index (χ1) is 6.84. The van der Waals surface area contributed by atoms with Gasteiger partial charge in [-0.05, 0) is 29.7 Å². The Morgan fingerprint density at radius 3 is 3.07 bits per heavy atom. The van der Waals surface area contributed by atoms with Gasteiger partial charge in [0.1, 0.15) is 12.1 Å². The molecule has 1 aromatic carbocycles. The molecular formula is C10H6FN3. The molecule has 2 heterocycles. The molecule has 3 rings (SSSR count). The van der Waals surface area contributed by atoms with E-state index < -0.39 is 0 Å². The van der Waals surface area contributed by atoms with Gasteiger partial charge in [0.25, 0.3) is 0 Å². The standard InChI is InChI=1S/C10H6FN3/c11-8-1-2-9-7(5-8)3-4-14-6-12-13-10(9)14/h1-6H. The van der Waals surface area contributed by atoms with Gasteiger partial charge in [0, 0.05) is 11.6 Å². The number of rotatable bonds is 0. The normalized spacial score (nSPS) is 11.2. The van der Waals surface area contributed by atoms with Gasteiger partial charge in [-0.25, -0.2) is 4.39 Å². The molecule has 68 valence electrons. The molecule has 0 aliphatic heterocycles. The van der Waals surface area contributed by atoms with E-state index in [9.17, 15) is 4.39 Å². The van der Waals surface area contributed by atoms with Crippen molar-refractivity contribution in [2.24, 2.45) is 0 Å². The first-order valence-corrected chi connectivity index (χ1v) is 4.22. The highest BCUT2D eigenvalue weighted by molar-refractivity contribution is 5.93. The summed E-state index contributed by atoms with van der Waals surface area (Å²) in [4.78, 5) is 0. The Balaban J connectivity index is 2.57. The highest BCUT2D eigenvalue weighted by Crippen LogP contribution is 2.18. The van der Waals surface area contributed by atoms with Crippen molar-refractivity contribution in [2.75, 3.05) is 0 Å². The first-order valence-electron chi connectivity index (χ1n) is 4.22. The molecule has 14 heavy (non-hydrogen) atoms. The molecule has 0 bridgehead atoms. The molecular weight excluding hydrogens is 181 g/mol. The van der Waals surface area contributed by atoms with Crippen LogP contribution in [0.3, 0.4) is 0 Å². The zero-order chi connectivity index (χ0) is 9.54. The van der Waals surface area contributed by atoms with Gasteiger partial charge in [-0.1, -0.05) is 0 Å². The van der Waals surface area contributed by atoms with Crippen LogP contribution >= 0.6 is 0 Å². The van der Waals surface area contributed by atoms with E-state index >= 15 is 0 Å². The molecule has 0 fully saturated rings. The number of halogens is 1. The van der Waals surface area contributed by atoms with Crippen molar-refractivity contribution in [2.45, 2.75) is 0 Å². The van der Waals surface area contributed by atoms with Crippen LogP contribution in [0.15, 0.2) is 36.8 Å². The smallest absolute Gasteiger partial charge is 0.168 e. The average Bonchev–Trinajstić information content (AvgIpc) is 2.65. The lowest BCUT2D eigenvalue weighted by Crippen LogP contribution is -1.85. The Hall–Kier alpha value is -1.97. The van der Waals surface area contributed by atoms with Crippen molar-refractivity contribution in [3.8, 4) is 0 Å². The van der Waals surface area contributed by atoms with Gasteiger partial charge < -0.3 is 0 Å². The highest BCUT2D eigenvalue weighted by Gasteiger charge is 2.02. The van der Waals surface area contributed by atoms with Crippen molar-refractivity contribution in [1.82, 2.24) is 14.6 Å². The van der Waals surface area contributed by atoms with Crippen molar-refractivity contribution in [3.63, 3.8) is 0 Å². The minimum atomic E-state index is -0.235. The summed E-state index contributed by atoms with van der Waals surface area (Å²) >= 11 is 0. The third-order valence-electron chi connectivity index (χ3n) is 2.24. The van der Waals surface area contributed by atoms with Crippen LogP contribution in [-0.2, 0) is 0 Å². The van der Waals surface area contributed by atoms with Crippen LogP contribution in [0.4, 0.5) is 4.39 Å². The molecule has 3 aromatic rings. The van der Waals surface area contributed by atoms with E-state index in [1.807, 2.05) is 12.3 Å². The predicted molar refractivity (Wildman–Crippen MR) is 50.5 cm³/mol. The van der Waals surface area contributed by atoms with E-state index in [-0.39, 0.29) is 5.82 Å². The second kappa shape index (κ2) is 2.51. The Labute approximate surface area is 78.8 Å². The highest BCUT2D eigenvalue weighted by atomic mass is 19.1. The van der Waals surface area contributed by atoms with Gasteiger partial charge >= 0.3 is 0 Å². The molecule has 0 saturated heterocycles. The topological polar surface area (TPSA) is 30.2 Å². The molecule has 3 nitrogen and oxygen atoms in total. The van der Waals surface area contributed by atoms with Crippen LogP contribution < -0.4 is 0 Å². The lowest BCUT2D eigenvalue weighted by atomic mass is 10.2. The van der Waals surface area contributed by atoms with Gasteiger partial charge in [-0.15, -0.1) is 10.2 Å². The summed E-state index contributed by atoms with van der Waals surface area (Å²) < 4.78 is 14.7. The third-order valence-corrected chi connectivity index (χ3v) is 2.24. The van der Waals surface area contributed by atoms with Crippen LogP contribution in [0.25, 0.3) is 16.4 Å². The van der Waals surface area contributed by atoms with Gasteiger partial charge in [0.15, 0.2) is 5.65 Å². The second-order valence-electron chi connectivity index (χ2n) is 3.11. The number of hydrogen-bond donors (Lipinski definition) is 0. The van der Waals surface area contributed by atoms with E-state index in [1.165, 1.54) is 12.1 Å². The molecule has 0 aliphatic rings. The number of hydrogen-bond acceptors (Lipinski definition) is 2. The Kier molecular flexibility index (Phi) is 1.33. The maximum absolute atomic E-state index is 12.9. The number of fused-ring (bicyclic) bond motifs is 3. The molecule has 0 saturated carbocycles. The third kappa shape index (κ3) is 0.907. The number of aromatic nitrogens is 3. The van der Waals surface area contributed by atoms with Gasteiger partial charge in [0.05, 0.1) is 0 Å². The fourth-order valence-corrected chi connectivity index (χ4v) is 1.58. The average molecular weight is 187 g/mol. The Morgan fingerprint density at radius 2 is 2.14 bits per heavy atom. The van der Waals surface area contributed by atoms with Crippen LogP contribution in [0.2, 0.25) is 0 Å². The van der Waals surface area contributed by atoms with Gasteiger partial charge in [-0.2, -0.15) is 0 Å². The van der Waals surface area contributed by atoms with Gasteiger partial charge in [0.2, 0.25) is 0 Å². The Bertz CT molecular complexity index is 615. The minimum absolute atomic E-state index is 0.235. The van der Waals surface area contributed by atoms with Crippen molar-refractivity contribution in [1.29, 1.82) is 0 Å². The molecule has 0 N–H and O–H groups in total. The maximum atomic E-state index is 12.9. The quantitative estimate of drug-likeness (QED) is 0.539. The molecule has 0 unspecified atom stereocenters. The largest absolute Gasteiger partial charge is 0.289 e. The number of nitrogens with zero attached hydrogens (tertiary/aromatic N) is 3. The van der Waals surface area contributed by atoms with Crippen molar-refractivity contribution >= 4 is 16.4 Å².